The normalized spacial score (nSPS) is 11.6. The Morgan fingerprint density at radius 1 is 1.21 bits per heavy atom. The molecule has 0 spiro atoms. The van der Waals surface area contributed by atoms with Crippen molar-refractivity contribution in [2.75, 3.05) is 30.9 Å². The van der Waals surface area contributed by atoms with Gasteiger partial charge in [-0.1, -0.05) is 18.2 Å². The van der Waals surface area contributed by atoms with Gasteiger partial charge < -0.3 is 25.2 Å². The molecule has 0 radical (unpaired) electrons. The van der Waals surface area contributed by atoms with Crippen molar-refractivity contribution < 1.29 is 19.4 Å². The van der Waals surface area contributed by atoms with Crippen LogP contribution in [0.2, 0.25) is 0 Å². The highest BCUT2D eigenvalue weighted by atomic mass is 16.5. The van der Waals surface area contributed by atoms with Gasteiger partial charge in [0.25, 0.3) is 0 Å². The number of para-hydroxylation sites is 1. The van der Waals surface area contributed by atoms with E-state index in [0.717, 1.165) is 0 Å². The van der Waals surface area contributed by atoms with E-state index in [1.807, 2.05) is 30.3 Å². The Morgan fingerprint density at radius 2 is 1.96 bits per heavy atom. The summed E-state index contributed by atoms with van der Waals surface area (Å²) in [5, 5.41) is 15.7. The largest absolute Gasteiger partial charge is 0.455 e. The van der Waals surface area contributed by atoms with Crippen LogP contribution in [0.1, 0.15) is 6.92 Å². The molecule has 3 N–H and O–H groups in total. The van der Waals surface area contributed by atoms with Crippen LogP contribution in [-0.4, -0.2) is 37.4 Å². The highest BCUT2D eigenvalue weighted by molar-refractivity contribution is 5.89. The van der Waals surface area contributed by atoms with Gasteiger partial charge >= 0.3 is 0 Å². The lowest BCUT2D eigenvalue weighted by Crippen LogP contribution is -2.24. The fraction of sp³-hybridized carbons (Fsp3) is 0.278. The van der Waals surface area contributed by atoms with Crippen molar-refractivity contribution in [1.82, 2.24) is 0 Å². The Labute approximate surface area is 141 Å². The molecule has 2 aromatic rings. The molecule has 1 amide bonds. The van der Waals surface area contributed by atoms with Crippen molar-refractivity contribution in [3.05, 3.63) is 48.5 Å². The number of methoxy groups -OCH3 is 1. The molecule has 2 aromatic carbocycles. The first-order valence-corrected chi connectivity index (χ1v) is 7.64. The van der Waals surface area contributed by atoms with Crippen LogP contribution in [0.15, 0.2) is 48.5 Å². The second-order valence-electron chi connectivity index (χ2n) is 5.30. The van der Waals surface area contributed by atoms with Gasteiger partial charge in [0.05, 0.1) is 18.4 Å². The van der Waals surface area contributed by atoms with Crippen LogP contribution in [-0.2, 0) is 9.53 Å². The van der Waals surface area contributed by atoms with Gasteiger partial charge in [0.2, 0.25) is 5.91 Å². The van der Waals surface area contributed by atoms with E-state index in [9.17, 15) is 9.90 Å². The molecule has 6 heteroatoms. The maximum atomic E-state index is 11.2. The van der Waals surface area contributed by atoms with Crippen LogP contribution in [0.25, 0.3) is 0 Å². The monoisotopic (exact) mass is 330 g/mol. The van der Waals surface area contributed by atoms with Crippen molar-refractivity contribution in [1.29, 1.82) is 0 Å². The summed E-state index contributed by atoms with van der Waals surface area (Å²) in [4.78, 5) is 11.2. The quantitative estimate of drug-likeness (QED) is 0.693. The molecular weight excluding hydrogens is 308 g/mol. The van der Waals surface area contributed by atoms with Crippen molar-refractivity contribution in [3.8, 4) is 11.5 Å². The Balaban J connectivity index is 2.18. The summed E-state index contributed by atoms with van der Waals surface area (Å²) >= 11 is 0. The molecule has 0 fully saturated rings. The summed E-state index contributed by atoms with van der Waals surface area (Å²) < 4.78 is 10.8. The lowest BCUT2D eigenvalue weighted by molar-refractivity contribution is -0.114. The third kappa shape index (κ3) is 5.57. The average molecular weight is 330 g/mol. The Kier molecular flexibility index (Phi) is 6.60. The maximum Gasteiger partial charge on any atom is 0.221 e. The van der Waals surface area contributed by atoms with Gasteiger partial charge in [-0.15, -0.1) is 0 Å². The standard InChI is InChI=1S/C18H22N2O4/c1-13(21)20-14-8-9-18(24-16-6-4-3-5-7-16)17(10-14)19-11-15(22)12-23-2/h3-10,15,19,22H,11-12H2,1-2H3,(H,20,21). The van der Waals surface area contributed by atoms with Gasteiger partial charge in [-0.05, 0) is 30.3 Å². The van der Waals surface area contributed by atoms with Crippen molar-refractivity contribution >= 4 is 17.3 Å². The summed E-state index contributed by atoms with van der Waals surface area (Å²) in [6.45, 7) is 1.97. The molecule has 0 aliphatic carbocycles. The highest BCUT2D eigenvalue weighted by Gasteiger charge is 2.10. The number of anilines is 2. The molecule has 2 rings (SSSR count). The fourth-order valence-electron chi connectivity index (χ4n) is 2.13. The highest BCUT2D eigenvalue weighted by Crippen LogP contribution is 2.32. The van der Waals surface area contributed by atoms with E-state index >= 15 is 0 Å². The van der Waals surface area contributed by atoms with Crippen LogP contribution in [0.3, 0.4) is 0 Å². The number of hydrogen-bond acceptors (Lipinski definition) is 5. The summed E-state index contributed by atoms with van der Waals surface area (Å²) in [5.74, 6) is 1.14. The summed E-state index contributed by atoms with van der Waals surface area (Å²) in [5.41, 5.74) is 1.31. The van der Waals surface area contributed by atoms with E-state index in [2.05, 4.69) is 10.6 Å². The first kappa shape index (κ1) is 17.8. The van der Waals surface area contributed by atoms with Gasteiger partial charge in [0.1, 0.15) is 5.75 Å². The molecule has 0 heterocycles. The number of aliphatic hydroxyl groups excluding tert-OH is 1. The molecule has 0 aliphatic heterocycles. The van der Waals surface area contributed by atoms with E-state index in [4.69, 9.17) is 9.47 Å². The topological polar surface area (TPSA) is 79.8 Å². The molecule has 1 unspecified atom stereocenters. The number of carbonyl (C=O) groups excluding carboxylic acids is 1. The number of ether oxygens (including phenoxy) is 2. The van der Waals surface area contributed by atoms with E-state index in [-0.39, 0.29) is 12.5 Å². The first-order chi connectivity index (χ1) is 11.6. The smallest absolute Gasteiger partial charge is 0.221 e. The third-order valence-electron chi connectivity index (χ3n) is 3.16. The number of hydrogen-bond donors (Lipinski definition) is 3. The van der Waals surface area contributed by atoms with Crippen molar-refractivity contribution in [3.63, 3.8) is 0 Å². The van der Waals surface area contributed by atoms with Crippen LogP contribution in [0, 0.1) is 0 Å². The van der Waals surface area contributed by atoms with E-state index in [0.29, 0.717) is 29.4 Å². The fourth-order valence-corrected chi connectivity index (χ4v) is 2.13. The zero-order valence-electron chi connectivity index (χ0n) is 13.8. The molecule has 0 aliphatic rings. The predicted octanol–water partition coefficient (Wildman–Crippen LogP) is 2.86. The Bertz CT molecular complexity index is 661. The number of benzene rings is 2. The zero-order chi connectivity index (χ0) is 17.4. The average Bonchev–Trinajstić information content (AvgIpc) is 2.55. The molecule has 0 bridgehead atoms. The summed E-state index contributed by atoms with van der Waals surface area (Å²) in [6, 6.07) is 14.7. The minimum absolute atomic E-state index is 0.155. The minimum atomic E-state index is -0.649. The van der Waals surface area contributed by atoms with Gasteiger partial charge in [-0.25, -0.2) is 0 Å². The van der Waals surface area contributed by atoms with Crippen LogP contribution < -0.4 is 15.4 Å². The van der Waals surface area contributed by atoms with Gasteiger partial charge in [-0.2, -0.15) is 0 Å². The van der Waals surface area contributed by atoms with Crippen molar-refractivity contribution in [2.45, 2.75) is 13.0 Å². The van der Waals surface area contributed by atoms with Crippen LogP contribution in [0.4, 0.5) is 11.4 Å². The molecule has 0 aromatic heterocycles. The minimum Gasteiger partial charge on any atom is -0.455 e. The lowest BCUT2D eigenvalue weighted by atomic mass is 10.2. The van der Waals surface area contributed by atoms with E-state index in [1.165, 1.54) is 14.0 Å². The maximum absolute atomic E-state index is 11.2. The van der Waals surface area contributed by atoms with Gasteiger partial charge in [0.15, 0.2) is 5.75 Å². The second-order valence-corrected chi connectivity index (χ2v) is 5.30. The molecular formula is C18H22N2O4. The number of rotatable bonds is 8. The zero-order valence-corrected chi connectivity index (χ0v) is 13.8. The van der Waals surface area contributed by atoms with E-state index < -0.39 is 6.10 Å². The van der Waals surface area contributed by atoms with Gasteiger partial charge in [0, 0.05) is 26.3 Å². The summed E-state index contributed by atoms with van der Waals surface area (Å²) in [7, 11) is 1.53. The Hall–Kier alpha value is -2.57. The number of amides is 1. The number of carbonyl (C=O) groups is 1. The molecule has 6 nitrogen and oxygen atoms in total. The molecule has 0 saturated heterocycles. The van der Waals surface area contributed by atoms with E-state index in [1.54, 1.807) is 18.2 Å². The number of nitrogens with one attached hydrogen (secondary N) is 2. The first-order valence-electron chi connectivity index (χ1n) is 7.64. The van der Waals surface area contributed by atoms with Crippen molar-refractivity contribution in [2.24, 2.45) is 0 Å². The molecule has 0 saturated carbocycles. The predicted molar refractivity (Wildman–Crippen MR) is 93.6 cm³/mol. The SMILES string of the molecule is COCC(O)CNc1cc(NC(C)=O)ccc1Oc1ccccc1. The van der Waals surface area contributed by atoms with Crippen LogP contribution >= 0.6 is 0 Å². The number of aliphatic hydroxyl groups is 1. The summed E-state index contributed by atoms with van der Waals surface area (Å²) in [6.07, 6.45) is -0.649. The Morgan fingerprint density at radius 3 is 2.62 bits per heavy atom. The second kappa shape index (κ2) is 8.90. The molecule has 1 atom stereocenters. The van der Waals surface area contributed by atoms with Crippen LogP contribution in [0.5, 0.6) is 11.5 Å². The van der Waals surface area contributed by atoms with Gasteiger partial charge in [-0.3, -0.25) is 4.79 Å². The lowest BCUT2D eigenvalue weighted by Gasteiger charge is -2.17. The molecule has 128 valence electrons. The molecule has 24 heavy (non-hydrogen) atoms. The third-order valence-corrected chi connectivity index (χ3v) is 3.16.